The van der Waals surface area contributed by atoms with Crippen LogP contribution >= 0.6 is 0 Å². The molecule has 25 heavy (non-hydrogen) atoms. The smallest absolute Gasteiger partial charge is 0.418 e. The maximum absolute atomic E-state index is 11.8. The van der Waals surface area contributed by atoms with E-state index in [1.54, 1.807) is 0 Å². The lowest BCUT2D eigenvalue weighted by Crippen LogP contribution is -2.41. The van der Waals surface area contributed by atoms with Gasteiger partial charge >= 0.3 is 33.5 Å². The Bertz CT molecular complexity index is 370. The van der Waals surface area contributed by atoms with Crippen LogP contribution in [0.4, 0.5) is 65.0 Å². The normalized spacial score (nSPS) is 13.8. The fraction of sp³-hybridized carbons (Fsp3) is 0.500. The molecule has 0 rings (SSSR count). The number of halogens is 15. The molecular weight excluding hydrogens is 409 g/mol. The van der Waals surface area contributed by atoms with Gasteiger partial charge in [-0.05, 0) is 0 Å². The zero-order valence-electron chi connectivity index (χ0n) is 10.7. The molecule has 0 radical (unpaired) electrons. The number of rotatable bonds is 1. The molecule has 150 valence electrons. The molecule has 0 aromatic rings. The van der Waals surface area contributed by atoms with E-state index in [1.807, 2.05) is 0 Å². The van der Waals surface area contributed by atoms with Crippen molar-refractivity contribution >= 4 is 21.8 Å². The second-order valence-corrected chi connectivity index (χ2v) is 2.90. The summed E-state index contributed by atoms with van der Waals surface area (Å²) in [5, 5.41) is 22.9. The summed E-state index contributed by atoms with van der Waals surface area (Å²) < 4.78 is 152. The van der Waals surface area contributed by atoms with Crippen LogP contribution < -0.4 is 0 Å². The SMILES string of the molecule is F[B-](F)(F)F.F[B-](F)(F)F.F[B-](F)(F)F.N#CC(O)(F)C(F)(F)C#N. The Hall–Kier alpha value is -1.92. The molecule has 0 aromatic heterocycles. The van der Waals surface area contributed by atoms with Gasteiger partial charge in [0.2, 0.25) is 0 Å². The van der Waals surface area contributed by atoms with Crippen LogP contribution in [0.25, 0.3) is 0 Å². The van der Waals surface area contributed by atoms with Gasteiger partial charge in [-0.3, -0.25) is 0 Å². The second kappa shape index (κ2) is 10.8. The van der Waals surface area contributed by atoms with Gasteiger partial charge in [0.25, 0.3) is 0 Å². The number of hydrogen-bond acceptors (Lipinski definition) is 3. The van der Waals surface area contributed by atoms with Gasteiger partial charge in [0.1, 0.15) is 12.1 Å². The fourth-order valence-corrected chi connectivity index (χ4v) is 0.144. The summed E-state index contributed by atoms with van der Waals surface area (Å²) in [6, 6.07) is 0.401. The summed E-state index contributed by atoms with van der Waals surface area (Å²) in [7, 11) is -18.0. The van der Waals surface area contributed by atoms with Gasteiger partial charge in [-0.1, -0.05) is 0 Å². The van der Waals surface area contributed by atoms with E-state index in [9.17, 15) is 65.0 Å². The third-order valence-electron chi connectivity index (χ3n) is 0.705. The Morgan fingerprint density at radius 2 is 0.720 bits per heavy atom. The molecule has 21 heteroatoms. The predicted molar refractivity (Wildman–Crippen MR) is 52.8 cm³/mol. The first-order valence-electron chi connectivity index (χ1n) is 4.61. The molecule has 0 heterocycles. The highest BCUT2D eigenvalue weighted by Crippen LogP contribution is 2.28. The lowest BCUT2D eigenvalue weighted by atomic mass is 10.2. The fourth-order valence-electron chi connectivity index (χ4n) is 0.144. The summed E-state index contributed by atoms with van der Waals surface area (Å²) in [5.41, 5.74) is 0. The molecule has 0 bridgehead atoms. The molecule has 1 atom stereocenters. The molecular formula is C4HB3F15N2O-3. The van der Waals surface area contributed by atoms with Crippen molar-refractivity contribution in [3.05, 3.63) is 0 Å². The first-order chi connectivity index (χ1) is 10.4. The average molecular weight is 410 g/mol. The summed E-state index contributed by atoms with van der Waals surface area (Å²) in [6.07, 6.45) is 0. The van der Waals surface area contributed by atoms with Crippen molar-refractivity contribution in [3.63, 3.8) is 0 Å². The van der Waals surface area contributed by atoms with Crippen LogP contribution in [0, 0.1) is 22.7 Å². The summed E-state index contributed by atoms with van der Waals surface area (Å²) in [5.74, 6) is -9.08. The maximum atomic E-state index is 11.8. The van der Waals surface area contributed by atoms with Crippen LogP contribution in [0.1, 0.15) is 0 Å². The van der Waals surface area contributed by atoms with Crippen LogP contribution in [0.15, 0.2) is 0 Å². The molecule has 0 fully saturated rings. The molecule has 0 saturated carbocycles. The van der Waals surface area contributed by atoms with Crippen LogP contribution in [0.2, 0.25) is 0 Å². The van der Waals surface area contributed by atoms with E-state index in [1.165, 1.54) is 0 Å². The van der Waals surface area contributed by atoms with Gasteiger partial charge in [-0.25, -0.2) is 0 Å². The molecule has 0 aliphatic carbocycles. The van der Waals surface area contributed by atoms with Crippen LogP contribution in [0.3, 0.4) is 0 Å². The average Bonchev–Trinajstić information content (AvgIpc) is 2.21. The molecule has 0 aromatic carbocycles. The van der Waals surface area contributed by atoms with Crippen molar-refractivity contribution in [2.45, 2.75) is 11.8 Å². The molecule has 0 saturated heterocycles. The first kappa shape index (κ1) is 30.9. The van der Waals surface area contributed by atoms with Crippen molar-refractivity contribution in [3.8, 4) is 12.1 Å². The Kier molecular flexibility index (Phi) is 13.4. The quantitative estimate of drug-likeness (QED) is 0.400. The van der Waals surface area contributed by atoms with E-state index in [-0.39, 0.29) is 12.1 Å². The van der Waals surface area contributed by atoms with Gasteiger partial charge in [0.15, 0.2) is 0 Å². The molecule has 0 spiro atoms. The highest BCUT2D eigenvalue weighted by Gasteiger charge is 2.55. The molecule has 3 nitrogen and oxygen atoms in total. The number of nitrogens with zero attached hydrogens (tertiary/aromatic N) is 2. The van der Waals surface area contributed by atoms with E-state index in [2.05, 4.69) is 0 Å². The van der Waals surface area contributed by atoms with Crippen molar-refractivity contribution < 1.29 is 70.1 Å². The summed E-state index contributed by atoms with van der Waals surface area (Å²) in [6.45, 7) is 0. The minimum absolute atomic E-state index is 0.152. The van der Waals surface area contributed by atoms with Crippen LogP contribution in [-0.2, 0) is 0 Å². The highest BCUT2D eigenvalue weighted by atomic mass is 19.5. The second-order valence-electron chi connectivity index (χ2n) is 2.90. The highest BCUT2D eigenvalue weighted by molar-refractivity contribution is 6.50. The Morgan fingerprint density at radius 3 is 0.760 bits per heavy atom. The van der Waals surface area contributed by atoms with E-state index < -0.39 is 33.5 Å². The minimum atomic E-state index is -6.00. The summed E-state index contributed by atoms with van der Waals surface area (Å²) in [4.78, 5) is 0. The van der Waals surface area contributed by atoms with E-state index in [0.29, 0.717) is 0 Å². The molecule has 1 N–H and O–H groups in total. The molecule has 0 aliphatic heterocycles. The predicted octanol–water partition coefficient (Wildman–Crippen LogP) is 4.23. The van der Waals surface area contributed by atoms with Gasteiger partial charge in [0.05, 0.1) is 0 Å². The Labute approximate surface area is 127 Å². The minimum Gasteiger partial charge on any atom is -0.418 e. The van der Waals surface area contributed by atoms with Crippen LogP contribution in [-0.4, -0.2) is 38.6 Å². The third kappa shape index (κ3) is 52.0. The topological polar surface area (TPSA) is 67.8 Å². The first-order valence-corrected chi connectivity index (χ1v) is 4.61. The largest absolute Gasteiger partial charge is 0.673 e. The maximum Gasteiger partial charge on any atom is 0.673 e. The zero-order chi connectivity index (χ0) is 21.9. The third-order valence-corrected chi connectivity index (χ3v) is 0.705. The van der Waals surface area contributed by atoms with Gasteiger partial charge < -0.3 is 56.9 Å². The van der Waals surface area contributed by atoms with Gasteiger partial charge in [0, 0.05) is 0 Å². The van der Waals surface area contributed by atoms with E-state index >= 15 is 0 Å². The van der Waals surface area contributed by atoms with Crippen molar-refractivity contribution in [2.24, 2.45) is 0 Å². The molecule has 0 aliphatic rings. The number of nitriles is 2. The molecule has 1 unspecified atom stereocenters. The Balaban J connectivity index is -0.000000126. The van der Waals surface area contributed by atoms with E-state index in [0.717, 1.165) is 0 Å². The zero-order valence-corrected chi connectivity index (χ0v) is 10.7. The molecule has 0 amide bonds. The standard InChI is InChI=1S/C4HF3N2O.3BF4/c5-3(6,1-8)4(7,10)2-9;3*2-1(3,4)5/h10H;;;/q;3*-1. The van der Waals surface area contributed by atoms with Crippen LogP contribution in [0.5, 0.6) is 0 Å². The van der Waals surface area contributed by atoms with Crippen molar-refractivity contribution in [1.82, 2.24) is 0 Å². The number of alkyl halides is 3. The van der Waals surface area contributed by atoms with Crippen molar-refractivity contribution in [2.75, 3.05) is 0 Å². The number of hydrogen-bond donors (Lipinski definition) is 1. The lowest BCUT2D eigenvalue weighted by Gasteiger charge is -2.13. The number of aliphatic hydroxyl groups is 1. The van der Waals surface area contributed by atoms with Crippen molar-refractivity contribution in [1.29, 1.82) is 10.5 Å². The lowest BCUT2D eigenvalue weighted by molar-refractivity contribution is -0.185. The monoisotopic (exact) mass is 411 g/mol. The van der Waals surface area contributed by atoms with Gasteiger partial charge in [-0.15, -0.1) is 0 Å². The van der Waals surface area contributed by atoms with E-state index in [4.69, 9.17) is 15.6 Å². The van der Waals surface area contributed by atoms with Gasteiger partial charge in [-0.2, -0.15) is 23.7 Å². The Morgan fingerprint density at radius 1 is 0.560 bits per heavy atom. The summed E-state index contributed by atoms with van der Waals surface area (Å²) >= 11 is 0.